The Morgan fingerprint density at radius 1 is 1.29 bits per heavy atom. The van der Waals surface area contributed by atoms with E-state index < -0.39 is 0 Å². The molecule has 3 aromatic rings. The lowest BCUT2D eigenvalue weighted by Crippen LogP contribution is -1.89. The summed E-state index contributed by atoms with van der Waals surface area (Å²) in [6.45, 7) is 0. The van der Waals surface area contributed by atoms with Gasteiger partial charge in [-0.15, -0.1) is 0 Å². The van der Waals surface area contributed by atoms with Gasteiger partial charge in [-0.3, -0.25) is 0 Å². The van der Waals surface area contributed by atoms with E-state index in [1.807, 2.05) is 29.8 Å². The van der Waals surface area contributed by atoms with Crippen LogP contribution in [0.4, 0.5) is 0 Å². The summed E-state index contributed by atoms with van der Waals surface area (Å²) in [7, 11) is 3.60. The van der Waals surface area contributed by atoms with Gasteiger partial charge in [0.15, 0.2) is 5.15 Å². The molecule has 0 aliphatic rings. The highest BCUT2D eigenvalue weighted by molar-refractivity contribution is 6.34. The smallest absolute Gasteiger partial charge is 0.156 e. The molecule has 1 aromatic carbocycles. The molecule has 86 valence electrons. The largest absolute Gasteiger partial charge is 0.497 e. The van der Waals surface area contributed by atoms with Gasteiger partial charge in [0.05, 0.1) is 12.6 Å². The lowest BCUT2D eigenvalue weighted by atomic mass is 10.2. The van der Waals surface area contributed by atoms with Crippen molar-refractivity contribution in [2.45, 2.75) is 0 Å². The zero-order valence-corrected chi connectivity index (χ0v) is 10.2. The second-order valence-electron chi connectivity index (χ2n) is 3.80. The van der Waals surface area contributed by atoms with E-state index in [1.165, 1.54) is 6.33 Å². The molecule has 17 heavy (non-hydrogen) atoms. The summed E-state index contributed by atoms with van der Waals surface area (Å²) in [5.41, 5.74) is 2.75. The fourth-order valence-corrected chi connectivity index (χ4v) is 2.36. The van der Waals surface area contributed by atoms with E-state index in [9.17, 15) is 0 Å². The predicted molar refractivity (Wildman–Crippen MR) is 67.6 cm³/mol. The van der Waals surface area contributed by atoms with Crippen molar-refractivity contribution in [3.63, 3.8) is 0 Å². The third-order valence-electron chi connectivity index (χ3n) is 2.93. The number of halogens is 1. The van der Waals surface area contributed by atoms with Crippen molar-refractivity contribution < 1.29 is 4.74 Å². The van der Waals surface area contributed by atoms with E-state index in [0.29, 0.717) is 5.15 Å². The van der Waals surface area contributed by atoms with E-state index >= 15 is 0 Å². The molecule has 2 heterocycles. The van der Waals surface area contributed by atoms with Crippen LogP contribution in [0.1, 0.15) is 0 Å². The maximum absolute atomic E-state index is 6.10. The number of benzene rings is 1. The number of methoxy groups -OCH3 is 1. The summed E-state index contributed by atoms with van der Waals surface area (Å²) in [5, 5.41) is 1.49. The van der Waals surface area contributed by atoms with Gasteiger partial charge in [-0.05, 0) is 18.2 Å². The third kappa shape index (κ3) is 1.37. The zero-order valence-electron chi connectivity index (χ0n) is 9.44. The first-order valence-electron chi connectivity index (χ1n) is 5.15. The van der Waals surface area contributed by atoms with Gasteiger partial charge in [-0.2, -0.15) is 0 Å². The molecule has 0 atom stereocenters. The first-order chi connectivity index (χ1) is 8.22. The number of aryl methyl sites for hydroxylation is 1. The molecule has 0 aliphatic carbocycles. The van der Waals surface area contributed by atoms with Crippen LogP contribution in [0.5, 0.6) is 5.75 Å². The van der Waals surface area contributed by atoms with Crippen molar-refractivity contribution in [2.24, 2.45) is 7.05 Å². The molecule has 0 aliphatic heterocycles. The Bertz CT molecular complexity index is 720. The minimum atomic E-state index is 0.465. The standard InChI is InChI=1S/C12H10ClN3O/c1-16-9-4-3-7(17-2)5-8(9)10-11(16)12(13)15-6-14-10/h3-6H,1-2H3. The molecule has 5 heteroatoms. The first kappa shape index (κ1) is 10.4. The fraction of sp³-hybridized carbons (Fsp3) is 0.167. The minimum absolute atomic E-state index is 0.465. The molecule has 0 saturated carbocycles. The normalized spacial score (nSPS) is 11.2. The van der Waals surface area contributed by atoms with Crippen molar-refractivity contribution in [3.8, 4) is 5.75 Å². The molecule has 0 bridgehead atoms. The van der Waals surface area contributed by atoms with Gasteiger partial charge in [0.25, 0.3) is 0 Å². The second kappa shape index (κ2) is 3.60. The predicted octanol–water partition coefficient (Wildman–Crippen LogP) is 2.78. The Morgan fingerprint density at radius 2 is 2.12 bits per heavy atom. The summed E-state index contributed by atoms with van der Waals surface area (Å²) in [6, 6.07) is 5.87. The monoisotopic (exact) mass is 247 g/mol. The number of nitrogens with zero attached hydrogens (tertiary/aromatic N) is 3. The van der Waals surface area contributed by atoms with Gasteiger partial charge in [-0.25, -0.2) is 9.97 Å². The molecule has 0 unspecified atom stereocenters. The Labute approximate surface area is 103 Å². The molecule has 0 radical (unpaired) electrons. The summed E-state index contributed by atoms with van der Waals surface area (Å²) in [5.74, 6) is 0.805. The topological polar surface area (TPSA) is 39.9 Å². The summed E-state index contributed by atoms with van der Waals surface area (Å²) in [4.78, 5) is 8.30. The van der Waals surface area contributed by atoms with Crippen LogP contribution >= 0.6 is 11.6 Å². The molecule has 3 rings (SSSR count). The molecular formula is C12H10ClN3O. The first-order valence-corrected chi connectivity index (χ1v) is 5.53. The van der Waals surface area contributed by atoms with E-state index in [1.54, 1.807) is 7.11 Å². The molecule has 0 amide bonds. The van der Waals surface area contributed by atoms with Crippen LogP contribution in [0.2, 0.25) is 5.15 Å². The number of hydrogen-bond donors (Lipinski definition) is 0. The van der Waals surface area contributed by atoms with Gasteiger partial charge < -0.3 is 9.30 Å². The Hall–Kier alpha value is -1.81. The van der Waals surface area contributed by atoms with Crippen molar-refractivity contribution >= 4 is 33.5 Å². The SMILES string of the molecule is COc1ccc2c(c1)c1ncnc(Cl)c1n2C. The van der Waals surface area contributed by atoms with Gasteiger partial charge in [0, 0.05) is 12.4 Å². The van der Waals surface area contributed by atoms with Gasteiger partial charge in [0.2, 0.25) is 0 Å². The van der Waals surface area contributed by atoms with Gasteiger partial charge in [-0.1, -0.05) is 11.6 Å². The third-order valence-corrected chi connectivity index (χ3v) is 3.21. The molecule has 2 aromatic heterocycles. The van der Waals surface area contributed by atoms with Crippen LogP contribution in [-0.2, 0) is 7.05 Å². The molecule has 0 spiro atoms. The van der Waals surface area contributed by atoms with E-state index in [2.05, 4.69) is 9.97 Å². The average Bonchev–Trinajstić information content (AvgIpc) is 2.64. The van der Waals surface area contributed by atoms with Crippen LogP contribution < -0.4 is 4.74 Å². The number of aromatic nitrogens is 3. The quantitative estimate of drug-likeness (QED) is 0.621. The van der Waals surface area contributed by atoms with Crippen LogP contribution in [0, 0.1) is 0 Å². The lowest BCUT2D eigenvalue weighted by Gasteiger charge is -2.00. The van der Waals surface area contributed by atoms with E-state index in [4.69, 9.17) is 16.3 Å². The second-order valence-corrected chi connectivity index (χ2v) is 4.16. The number of hydrogen-bond acceptors (Lipinski definition) is 3. The van der Waals surface area contributed by atoms with Crippen molar-refractivity contribution in [2.75, 3.05) is 7.11 Å². The van der Waals surface area contributed by atoms with Crippen LogP contribution in [0.15, 0.2) is 24.5 Å². The molecule has 4 nitrogen and oxygen atoms in total. The highest BCUT2D eigenvalue weighted by Crippen LogP contribution is 2.31. The van der Waals surface area contributed by atoms with Crippen molar-refractivity contribution in [1.82, 2.24) is 14.5 Å². The van der Waals surface area contributed by atoms with Crippen molar-refractivity contribution in [3.05, 3.63) is 29.7 Å². The Morgan fingerprint density at radius 3 is 2.88 bits per heavy atom. The summed E-state index contributed by atoms with van der Waals surface area (Å²) in [6.07, 6.45) is 1.48. The Balaban J connectivity index is 2.55. The van der Waals surface area contributed by atoms with Gasteiger partial charge >= 0.3 is 0 Å². The summed E-state index contributed by atoms with van der Waals surface area (Å²) >= 11 is 6.10. The van der Waals surface area contributed by atoms with Crippen LogP contribution in [0.3, 0.4) is 0 Å². The summed E-state index contributed by atoms with van der Waals surface area (Å²) < 4.78 is 7.22. The Kier molecular flexibility index (Phi) is 2.19. The molecule has 0 fully saturated rings. The average molecular weight is 248 g/mol. The lowest BCUT2D eigenvalue weighted by molar-refractivity contribution is 0.415. The maximum Gasteiger partial charge on any atom is 0.156 e. The molecule has 0 N–H and O–H groups in total. The fourth-order valence-electron chi connectivity index (χ4n) is 2.10. The highest BCUT2D eigenvalue weighted by atomic mass is 35.5. The van der Waals surface area contributed by atoms with Crippen LogP contribution in [-0.4, -0.2) is 21.6 Å². The van der Waals surface area contributed by atoms with E-state index in [-0.39, 0.29) is 0 Å². The molecule has 0 saturated heterocycles. The van der Waals surface area contributed by atoms with E-state index in [0.717, 1.165) is 27.7 Å². The number of rotatable bonds is 1. The maximum atomic E-state index is 6.10. The highest BCUT2D eigenvalue weighted by Gasteiger charge is 2.13. The van der Waals surface area contributed by atoms with Crippen LogP contribution in [0.25, 0.3) is 21.9 Å². The van der Waals surface area contributed by atoms with Gasteiger partial charge in [0.1, 0.15) is 23.1 Å². The number of fused-ring (bicyclic) bond motifs is 3. The molecular weight excluding hydrogens is 238 g/mol. The zero-order chi connectivity index (χ0) is 12.0. The number of ether oxygens (including phenoxy) is 1. The van der Waals surface area contributed by atoms with Crippen molar-refractivity contribution in [1.29, 1.82) is 0 Å². The minimum Gasteiger partial charge on any atom is -0.497 e.